The van der Waals surface area contributed by atoms with Crippen LogP contribution in [-0.2, 0) is 26.3 Å². The number of aryl methyl sites for hydroxylation is 1. The third kappa shape index (κ3) is 5.11. The molecule has 0 aliphatic carbocycles. The molecule has 0 unspecified atom stereocenters. The van der Waals surface area contributed by atoms with Gasteiger partial charge >= 0.3 is 5.97 Å². The number of benzene rings is 1. The predicted molar refractivity (Wildman–Crippen MR) is 110 cm³/mol. The second-order valence-electron chi connectivity index (χ2n) is 6.69. The summed E-state index contributed by atoms with van der Waals surface area (Å²) in [6.07, 6.45) is 5.92. The van der Waals surface area contributed by atoms with E-state index in [0.29, 0.717) is 32.3 Å². The van der Waals surface area contributed by atoms with Gasteiger partial charge in [-0.15, -0.1) is 12.4 Å². The number of nitrogens with zero attached hydrogens (tertiary/aromatic N) is 2. The molecule has 152 valence electrons. The van der Waals surface area contributed by atoms with Gasteiger partial charge in [-0.3, -0.25) is 14.3 Å². The maximum atomic E-state index is 13.1. The highest BCUT2D eigenvalue weighted by Gasteiger charge is 2.42. The van der Waals surface area contributed by atoms with Gasteiger partial charge in [0.2, 0.25) is 0 Å². The van der Waals surface area contributed by atoms with Crippen LogP contribution in [0.2, 0.25) is 0 Å². The van der Waals surface area contributed by atoms with Crippen molar-refractivity contribution in [1.82, 2.24) is 15.1 Å². The molecular weight excluding hydrogens is 380 g/mol. The third-order valence-electron chi connectivity index (χ3n) is 4.93. The Kier molecular flexibility index (Phi) is 8.02. The number of ether oxygens (including phenoxy) is 1. The zero-order valence-electron chi connectivity index (χ0n) is 16.0. The number of carbonyl (C=O) groups is 2. The molecule has 1 aliphatic heterocycles. The van der Waals surface area contributed by atoms with Gasteiger partial charge in [-0.2, -0.15) is 5.10 Å². The van der Waals surface area contributed by atoms with Gasteiger partial charge in [0.1, 0.15) is 5.54 Å². The fraction of sp³-hybridized carbons (Fsp3) is 0.450. The second kappa shape index (κ2) is 10.2. The molecule has 0 atom stereocenters. The number of hydrogen-bond acceptors (Lipinski definition) is 5. The van der Waals surface area contributed by atoms with Crippen LogP contribution in [0.4, 0.5) is 5.69 Å². The molecule has 1 fully saturated rings. The lowest BCUT2D eigenvalue weighted by atomic mass is 9.87. The number of halogens is 1. The molecule has 3 rings (SSSR count). The number of esters is 1. The van der Waals surface area contributed by atoms with Crippen LogP contribution in [0.5, 0.6) is 0 Å². The molecule has 7 nitrogen and oxygen atoms in total. The van der Waals surface area contributed by atoms with Gasteiger partial charge in [-0.1, -0.05) is 12.1 Å². The minimum atomic E-state index is -0.669. The molecule has 1 aromatic carbocycles. The number of piperidine rings is 1. The first kappa shape index (κ1) is 21.9. The van der Waals surface area contributed by atoms with Crippen LogP contribution in [0.1, 0.15) is 31.7 Å². The first-order chi connectivity index (χ1) is 13.1. The average Bonchev–Trinajstić information content (AvgIpc) is 3.23. The zero-order valence-corrected chi connectivity index (χ0v) is 16.8. The number of aromatic nitrogens is 2. The van der Waals surface area contributed by atoms with E-state index in [1.54, 1.807) is 17.8 Å². The Morgan fingerprint density at radius 3 is 2.57 bits per heavy atom. The number of anilines is 1. The number of amides is 1. The summed E-state index contributed by atoms with van der Waals surface area (Å²) in [7, 11) is 0. The number of carbonyl (C=O) groups excluding carboxylic acids is 2. The van der Waals surface area contributed by atoms with E-state index in [1.165, 1.54) is 0 Å². The van der Waals surface area contributed by atoms with E-state index in [2.05, 4.69) is 15.7 Å². The van der Waals surface area contributed by atoms with Crippen molar-refractivity contribution in [1.29, 1.82) is 0 Å². The summed E-state index contributed by atoms with van der Waals surface area (Å²) in [5.74, 6) is -0.242. The van der Waals surface area contributed by atoms with Crippen molar-refractivity contribution < 1.29 is 14.3 Å². The summed E-state index contributed by atoms with van der Waals surface area (Å²) in [5, 5.41) is 10.7. The van der Waals surface area contributed by atoms with Crippen LogP contribution >= 0.6 is 12.4 Å². The number of nitrogens with one attached hydrogen (secondary N) is 2. The van der Waals surface area contributed by atoms with Crippen LogP contribution in [0.3, 0.4) is 0 Å². The van der Waals surface area contributed by atoms with Gasteiger partial charge in [0.25, 0.3) is 5.91 Å². The summed E-state index contributed by atoms with van der Waals surface area (Å²) in [5.41, 5.74) is 1.10. The lowest BCUT2D eigenvalue weighted by Gasteiger charge is -2.36. The van der Waals surface area contributed by atoms with Crippen LogP contribution in [0, 0.1) is 0 Å². The quantitative estimate of drug-likeness (QED) is 0.690. The van der Waals surface area contributed by atoms with E-state index < -0.39 is 5.54 Å². The molecular formula is C20H27ClN4O3. The van der Waals surface area contributed by atoms with Crippen molar-refractivity contribution in [3.63, 3.8) is 0 Å². The van der Waals surface area contributed by atoms with Crippen LogP contribution in [0.25, 0.3) is 0 Å². The first-order valence-corrected chi connectivity index (χ1v) is 9.41. The second-order valence-corrected chi connectivity index (χ2v) is 6.69. The molecule has 0 spiro atoms. The Morgan fingerprint density at radius 1 is 1.25 bits per heavy atom. The number of hydrogen-bond donors (Lipinski definition) is 2. The summed E-state index contributed by atoms with van der Waals surface area (Å²) >= 11 is 0. The predicted octanol–water partition coefficient (Wildman–Crippen LogP) is 2.52. The van der Waals surface area contributed by atoms with Gasteiger partial charge in [-0.25, -0.2) is 0 Å². The highest BCUT2D eigenvalue weighted by molar-refractivity contribution is 5.96. The molecule has 8 heteroatoms. The van der Waals surface area contributed by atoms with Gasteiger partial charge in [0.15, 0.2) is 0 Å². The molecule has 2 heterocycles. The fourth-order valence-electron chi connectivity index (χ4n) is 3.40. The number of rotatable bonds is 7. The van der Waals surface area contributed by atoms with E-state index in [4.69, 9.17) is 4.74 Å². The lowest BCUT2D eigenvalue weighted by molar-refractivity contribution is -0.143. The summed E-state index contributed by atoms with van der Waals surface area (Å²) in [6.45, 7) is 3.76. The van der Waals surface area contributed by atoms with Gasteiger partial charge < -0.3 is 15.4 Å². The van der Waals surface area contributed by atoms with Gasteiger partial charge in [0, 0.05) is 24.5 Å². The fourth-order valence-corrected chi connectivity index (χ4v) is 3.40. The van der Waals surface area contributed by atoms with Crippen LogP contribution < -0.4 is 10.6 Å². The maximum absolute atomic E-state index is 13.1. The molecule has 2 aromatic rings. The van der Waals surface area contributed by atoms with Crippen molar-refractivity contribution in [2.24, 2.45) is 0 Å². The molecule has 0 saturated carbocycles. The molecule has 28 heavy (non-hydrogen) atoms. The molecule has 1 aromatic heterocycles. The lowest BCUT2D eigenvalue weighted by Crippen LogP contribution is -2.52. The smallest absolute Gasteiger partial charge is 0.306 e. The maximum Gasteiger partial charge on any atom is 0.306 e. The largest absolute Gasteiger partial charge is 0.466 e. The summed E-state index contributed by atoms with van der Waals surface area (Å²) < 4.78 is 6.72. The zero-order chi connectivity index (χ0) is 19.1. The van der Waals surface area contributed by atoms with E-state index in [-0.39, 0.29) is 24.3 Å². The van der Waals surface area contributed by atoms with E-state index >= 15 is 0 Å². The topological polar surface area (TPSA) is 85.2 Å². The van der Waals surface area contributed by atoms with Gasteiger partial charge in [-0.05, 0) is 63.0 Å². The third-order valence-corrected chi connectivity index (χ3v) is 4.93. The van der Waals surface area contributed by atoms with Crippen molar-refractivity contribution in [2.75, 3.05) is 25.0 Å². The van der Waals surface area contributed by atoms with Crippen molar-refractivity contribution >= 4 is 30.0 Å². The Bertz CT molecular complexity index is 756. The van der Waals surface area contributed by atoms with Crippen LogP contribution in [-0.4, -0.2) is 41.4 Å². The minimum Gasteiger partial charge on any atom is -0.466 e. The molecule has 1 saturated heterocycles. The normalized spacial score (nSPS) is 15.3. The molecule has 1 amide bonds. The van der Waals surface area contributed by atoms with E-state index in [0.717, 1.165) is 24.3 Å². The van der Waals surface area contributed by atoms with Crippen LogP contribution in [0.15, 0.2) is 42.7 Å². The summed E-state index contributed by atoms with van der Waals surface area (Å²) in [6, 6.07) is 9.44. The SMILES string of the molecule is CCOC(=O)CCc1ccc(NC(=O)C2(n3cccn3)CCNCC2)cc1.Cl. The summed E-state index contributed by atoms with van der Waals surface area (Å²) in [4.78, 5) is 24.6. The Labute approximate surface area is 171 Å². The van der Waals surface area contributed by atoms with Gasteiger partial charge in [0.05, 0.1) is 6.61 Å². The van der Waals surface area contributed by atoms with Crippen molar-refractivity contribution in [3.8, 4) is 0 Å². The monoisotopic (exact) mass is 406 g/mol. The van der Waals surface area contributed by atoms with E-state index in [1.807, 2.05) is 36.5 Å². The molecule has 2 N–H and O–H groups in total. The van der Waals surface area contributed by atoms with Crippen molar-refractivity contribution in [3.05, 3.63) is 48.3 Å². The standard InChI is InChI=1S/C20H26N4O3.ClH/c1-2-27-18(25)9-6-16-4-7-17(8-5-16)23-19(26)20(10-13-21-14-11-20)24-15-3-12-22-24;/h3-5,7-8,12,15,21H,2,6,9-11,13-14H2,1H3,(H,23,26);1H. The minimum absolute atomic E-state index is 0. The average molecular weight is 407 g/mol. The highest BCUT2D eigenvalue weighted by atomic mass is 35.5. The Morgan fingerprint density at radius 2 is 1.96 bits per heavy atom. The Hall–Kier alpha value is -2.38. The molecule has 1 aliphatic rings. The molecule has 0 radical (unpaired) electrons. The Balaban J connectivity index is 0.00000280. The first-order valence-electron chi connectivity index (χ1n) is 9.41. The molecule has 0 bridgehead atoms. The van der Waals surface area contributed by atoms with E-state index in [9.17, 15) is 9.59 Å². The highest BCUT2D eigenvalue weighted by Crippen LogP contribution is 2.28. The van der Waals surface area contributed by atoms with Crippen molar-refractivity contribution in [2.45, 2.75) is 38.1 Å².